The van der Waals surface area contributed by atoms with E-state index >= 15 is 0 Å². The maximum atomic E-state index is 12.1. The second-order valence-corrected chi connectivity index (χ2v) is 7.19. The van der Waals surface area contributed by atoms with Crippen LogP contribution in [0.3, 0.4) is 0 Å². The lowest BCUT2D eigenvalue weighted by atomic mass is 9.91. The van der Waals surface area contributed by atoms with Crippen molar-refractivity contribution in [3.05, 3.63) is 57.9 Å². The van der Waals surface area contributed by atoms with Crippen LogP contribution in [-0.2, 0) is 0 Å². The fourth-order valence-electron chi connectivity index (χ4n) is 2.76. The van der Waals surface area contributed by atoms with Crippen molar-refractivity contribution in [3.63, 3.8) is 0 Å². The van der Waals surface area contributed by atoms with Gasteiger partial charge >= 0.3 is 0 Å². The Labute approximate surface area is 158 Å². The monoisotopic (exact) mass is 365 g/mol. The topological polar surface area (TPSA) is 69.6 Å². The van der Waals surface area contributed by atoms with Crippen molar-refractivity contribution in [1.29, 1.82) is 10.5 Å². The van der Waals surface area contributed by atoms with Crippen molar-refractivity contribution in [2.45, 2.75) is 34.1 Å². The van der Waals surface area contributed by atoms with Gasteiger partial charge in [-0.1, -0.05) is 17.7 Å². The molecule has 0 saturated heterocycles. The first-order chi connectivity index (χ1) is 12.2. The van der Waals surface area contributed by atoms with Gasteiger partial charge in [0.1, 0.15) is 0 Å². The van der Waals surface area contributed by atoms with E-state index in [0.717, 1.165) is 11.4 Å². The summed E-state index contributed by atoms with van der Waals surface area (Å²) in [6.07, 6.45) is 4.31. The Hall–Kier alpha value is -2.82. The highest BCUT2D eigenvalue weighted by molar-refractivity contribution is 6.35. The standard InChI is InChI=1S/C21H20ClN3O/c1-14-19(15(2)26)20(22)18(6-5-11-21(3,4)13-24)25(14)17-9-7-16(12-23)8-10-17/h5-10H,11H2,1-4H3. The zero-order valence-corrected chi connectivity index (χ0v) is 16.1. The average molecular weight is 366 g/mol. The van der Waals surface area contributed by atoms with Crippen LogP contribution in [0, 0.1) is 35.0 Å². The average Bonchev–Trinajstić information content (AvgIpc) is 2.85. The zero-order chi connectivity index (χ0) is 19.5. The number of halogens is 1. The van der Waals surface area contributed by atoms with Crippen LogP contribution in [0.4, 0.5) is 0 Å². The first-order valence-corrected chi connectivity index (χ1v) is 8.59. The number of hydrogen-bond acceptors (Lipinski definition) is 3. The second-order valence-electron chi connectivity index (χ2n) is 6.81. The maximum Gasteiger partial charge on any atom is 0.163 e. The summed E-state index contributed by atoms with van der Waals surface area (Å²) in [5.74, 6) is -0.105. The first kappa shape index (κ1) is 19.5. The largest absolute Gasteiger partial charge is 0.312 e. The minimum Gasteiger partial charge on any atom is -0.312 e. The van der Waals surface area contributed by atoms with Gasteiger partial charge in [-0.3, -0.25) is 4.79 Å². The number of aromatic nitrogens is 1. The zero-order valence-electron chi connectivity index (χ0n) is 15.3. The Kier molecular flexibility index (Phi) is 5.70. The Bertz CT molecular complexity index is 951. The molecule has 0 saturated carbocycles. The fraction of sp³-hybridized carbons (Fsp3) is 0.286. The smallest absolute Gasteiger partial charge is 0.163 e. The van der Waals surface area contributed by atoms with E-state index in [4.69, 9.17) is 22.1 Å². The third-order valence-corrected chi connectivity index (χ3v) is 4.58. The van der Waals surface area contributed by atoms with E-state index in [1.165, 1.54) is 6.92 Å². The molecule has 1 aromatic heterocycles. The predicted octanol–water partition coefficient (Wildman–Crippen LogP) is 5.47. The number of carbonyl (C=O) groups excluding carboxylic acids is 1. The molecule has 0 aliphatic carbocycles. The molecule has 0 bridgehead atoms. The second kappa shape index (κ2) is 7.60. The summed E-state index contributed by atoms with van der Waals surface area (Å²) in [4.78, 5) is 12.1. The molecule has 0 N–H and O–H groups in total. The Balaban J connectivity index is 2.60. The number of nitriles is 2. The predicted molar refractivity (Wildman–Crippen MR) is 103 cm³/mol. The van der Waals surface area contributed by atoms with Crippen LogP contribution in [0.1, 0.15) is 54.5 Å². The van der Waals surface area contributed by atoms with Gasteiger partial charge in [-0.15, -0.1) is 0 Å². The molecule has 0 spiro atoms. The molecule has 1 heterocycles. The van der Waals surface area contributed by atoms with E-state index in [1.807, 2.05) is 49.6 Å². The van der Waals surface area contributed by atoms with Crippen molar-refractivity contribution in [1.82, 2.24) is 4.57 Å². The van der Waals surface area contributed by atoms with E-state index in [1.54, 1.807) is 12.1 Å². The number of carbonyl (C=O) groups is 1. The van der Waals surface area contributed by atoms with Crippen LogP contribution in [-0.4, -0.2) is 10.4 Å². The summed E-state index contributed by atoms with van der Waals surface area (Å²) >= 11 is 6.51. The molecule has 1 aromatic carbocycles. The molecule has 2 rings (SSSR count). The third-order valence-electron chi connectivity index (χ3n) is 4.20. The van der Waals surface area contributed by atoms with Crippen LogP contribution >= 0.6 is 11.6 Å². The first-order valence-electron chi connectivity index (χ1n) is 8.22. The lowest BCUT2D eigenvalue weighted by molar-refractivity contribution is 0.101. The highest BCUT2D eigenvalue weighted by Gasteiger charge is 2.22. The number of benzene rings is 1. The SMILES string of the molecule is CC(=O)c1c(Cl)c(C=CCC(C)(C)C#N)n(-c2ccc(C#N)cc2)c1C. The molecule has 26 heavy (non-hydrogen) atoms. The van der Waals surface area contributed by atoms with Crippen molar-refractivity contribution >= 4 is 23.5 Å². The maximum absolute atomic E-state index is 12.1. The van der Waals surface area contributed by atoms with Gasteiger partial charge < -0.3 is 4.57 Å². The summed E-state index contributed by atoms with van der Waals surface area (Å²) in [5.41, 5.74) is 2.81. The molecule has 0 aliphatic rings. The number of rotatable bonds is 5. The minimum atomic E-state index is -0.479. The third kappa shape index (κ3) is 3.87. The van der Waals surface area contributed by atoms with E-state index < -0.39 is 5.41 Å². The van der Waals surface area contributed by atoms with Gasteiger partial charge in [0, 0.05) is 11.4 Å². The number of hydrogen-bond donors (Lipinski definition) is 0. The number of nitrogens with zero attached hydrogens (tertiary/aromatic N) is 3. The van der Waals surface area contributed by atoms with Gasteiger partial charge in [-0.2, -0.15) is 10.5 Å². The molecule has 2 aromatic rings. The lowest BCUT2D eigenvalue weighted by Gasteiger charge is -2.12. The Morgan fingerprint density at radius 1 is 1.27 bits per heavy atom. The van der Waals surface area contributed by atoms with Crippen LogP contribution < -0.4 is 0 Å². The fourth-order valence-corrected chi connectivity index (χ4v) is 3.18. The van der Waals surface area contributed by atoms with Crippen LogP contribution in [0.25, 0.3) is 11.8 Å². The van der Waals surface area contributed by atoms with Crippen molar-refractivity contribution in [2.75, 3.05) is 0 Å². The Morgan fingerprint density at radius 3 is 2.38 bits per heavy atom. The molecule has 0 unspecified atom stereocenters. The molecule has 0 radical (unpaired) electrons. The van der Waals surface area contributed by atoms with E-state index in [9.17, 15) is 4.79 Å². The van der Waals surface area contributed by atoms with E-state index in [-0.39, 0.29) is 5.78 Å². The van der Waals surface area contributed by atoms with Crippen LogP contribution in [0.2, 0.25) is 5.02 Å². The number of allylic oxidation sites excluding steroid dienone is 1. The molecular formula is C21H20ClN3O. The summed E-state index contributed by atoms with van der Waals surface area (Å²) in [5, 5.41) is 18.5. The van der Waals surface area contributed by atoms with Gasteiger partial charge in [0.25, 0.3) is 0 Å². The number of ketones is 1. The van der Waals surface area contributed by atoms with Crippen molar-refractivity contribution < 1.29 is 4.79 Å². The normalized spacial score (nSPS) is 11.3. The van der Waals surface area contributed by atoms with E-state index in [2.05, 4.69) is 12.1 Å². The molecular weight excluding hydrogens is 346 g/mol. The quantitative estimate of drug-likeness (QED) is 0.660. The molecule has 4 nitrogen and oxygen atoms in total. The molecule has 132 valence electrons. The van der Waals surface area contributed by atoms with Gasteiger partial charge in [0.2, 0.25) is 0 Å². The molecule has 5 heteroatoms. The summed E-state index contributed by atoms with van der Waals surface area (Å²) in [7, 11) is 0. The van der Waals surface area contributed by atoms with E-state index in [0.29, 0.717) is 28.3 Å². The van der Waals surface area contributed by atoms with Crippen LogP contribution in [0.5, 0.6) is 0 Å². The van der Waals surface area contributed by atoms with Gasteiger partial charge in [0.05, 0.1) is 39.4 Å². The minimum absolute atomic E-state index is 0.105. The van der Waals surface area contributed by atoms with Gasteiger partial charge in [-0.05, 0) is 64.5 Å². The lowest BCUT2D eigenvalue weighted by Crippen LogP contribution is -2.05. The molecule has 0 amide bonds. The van der Waals surface area contributed by atoms with Gasteiger partial charge in [0.15, 0.2) is 5.78 Å². The van der Waals surface area contributed by atoms with Crippen molar-refractivity contribution in [3.8, 4) is 17.8 Å². The molecule has 0 atom stereocenters. The summed E-state index contributed by atoms with van der Waals surface area (Å²) in [6, 6.07) is 11.4. The summed E-state index contributed by atoms with van der Waals surface area (Å²) < 4.78 is 1.90. The molecule has 0 aliphatic heterocycles. The van der Waals surface area contributed by atoms with Crippen molar-refractivity contribution in [2.24, 2.45) is 5.41 Å². The Morgan fingerprint density at radius 2 is 1.88 bits per heavy atom. The van der Waals surface area contributed by atoms with Crippen LogP contribution in [0.15, 0.2) is 30.3 Å². The number of Topliss-reactive ketones (excluding diaryl/α,β-unsaturated/α-hetero) is 1. The summed E-state index contributed by atoms with van der Waals surface area (Å²) in [6.45, 7) is 7.07. The highest BCUT2D eigenvalue weighted by Crippen LogP contribution is 2.33. The van der Waals surface area contributed by atoms with Gasteiger partial charge in [-0.25, -0.2) is 0 Å². The highest BCUT2D eigenvalue weighted by atomic mass is 35.5. The molecule has 0 fully saturated rings.